The molecule has 1 aromatic heterocycles. The summed E-state index contributed by atoms with van der Waals surface area (Å²) in [6.07, 6.45) is 2.94. The number of aromatic nitrogens is 1. The highest BCUT2D eigenvalue weighted by atomic mass is 32.2. The molecule has 144 valence electrons. The second kappa shape index (κ2) is 7.96. The number of nitrogens with zero attached hydrogens (tertiary/aromatic N) is 2. The number of para-hydroxylation sites is 1. The molecule has 2 aromatic rings. The van der Waals surface area contributed by atoms with Gasteiger partial charge in [0.15, 0.2) is 0 Å². The van der Waals surface area contributed by atoms with Gasteiger partial charge in [-0.05, 0) is 38.0 Å². The summed E-state index contributed by atoms with van der Waals surface area (Å²) in [5, 5.41) is 0. The van der Waals surface area contributed by atoms with Crippen molar-refractivity contribution in [2.45, 2.75) is 24.7 Å². The van der Waals surface area contributed by atoms with Gasteiger partial charge in [0.1, 0.15) is 11.1 Å². The van der Waals surface area contributed by atoms with Crippen LogP contribution in [0.3, 0.4) is 0 Å². The van der Waals surface area contributed by atoms with Gasteiger partial charge in [-0.2, -0.15) is 0 Å². The molecule has 0 atom stereocenters. The number of carbonyl (C=O) groups is 1. The predicted molar refractivity (Wildman–Crippen MR) is 104 cm³/mol. The van der Waals surface area contributed by atoms with Gasteiger partial charge in [-0.15, -0.1) is 0 Å². The van der Waals surface area contributed by atoms with E-state index < -0.39 is 10.0 Å². The van der Waals surface area contributed by atoms with E-state index in [0.29, 0.717) is 38.2 Å². The van der Waals surface area contributed by atoms with Crippen molar-refractivity contribution >= 4 is 27.4 Å². The van der Waals surface area contributed by atoms with Crippen LogP contribution in [-0.2, 0) is 14.8 Å². The van der Waals surface area contributed by atoms with E-state index in [1.807, 2.05) is 25.1 Å². The molecule has 1 fully saturated rings. The number of pyridine rings is 1. The average molecular weight is 390 g/mol. The number of primary amides is 1. The second-order valence-electron chi connectivity index (χ2n) is 6.58. The van der Waals surface area contributed by atoms with Crippen molar-refractivity contribution in [3.8, 4) is 0 Å². The smallest absolute Gasteiger partial charge is 0.274 e. The zero-order valence-electron chi connectivity index (χ0n) is 15.3. The first-order valence-corrected chi connectivity index (χ1v) is 10.5. The van der Waals surface area contributed by atoms with Gasteiger partial charge in [0.2, 0.25) is 5.91 Å². The molecule has 0 saturated carbocycles. The number of amides is 1. The number of piperidine rings is 1. The van der Waals surface area contributed by atoms with Crippen molar-refractivity contribution in [3.63, 3.8) is 0 Å². The van der Waals surface area contributed by atoms with Gasteiger partial charge in [-0.1, -0.05) is 18.2 Å². The number of carbonyl (C=O) groups excluding carboxylic acids is 1. The third-order valence-electron chi connectivity index (χ3n) is 4.93. The molecule has 7 nitrogen and oxygen atoms in total. The minimum atomic E-state index is -3.65. The highest BCUT2D eigenvalue weighted by Gasteiger charge is 2.29. The van der Waals surface area contributed by atoms with Gasteiger partial charge in [0.25, 0.3) is 15.8 Å². The quantitative estimate of drug-likeness (QED) is 0.808. The van der Waals surface area contributed by atoms with E-state index in [0.717, 1.165) is 5.82 Å². The number of hydrogen-bond acceptors (Lipinski definition) is 4. The lowest BCUT2D eigenvalue weighted by Gasteiger charge is -2.26. The largest absolute Gasteiger partial charge is 0.369 e. The summed E-state index contributed by atoms with van der Waals surface area (Å²) in [6, 6.07) is 12.4. The van der Waals surface area contributed by atoms with Gasteiger partial charge in [0.05, 0.1) is 18.8 Å². The van der Waals surface area contributed by atoms with Crippen molar-refractivity contribution in [1.29, 1.82) is 0 Å². The molecular formula is C19H25N4O3S+. The Morgan fingerprint density at radius 2 is 1.85 bits per heavy atom. The van der Waals surface area contributed by atoms with Crippen LogP contribution in [0.4, 0.5) is 11.5 Å². The van der Waals surface area contributed by atoms with Crippen LogP contribution in [-0.4, -0.2) is 34.0 Å². The van der Waals surface area contributed by atoms with E-state index in [-0.39, 0.29) is 16.7 Å². The predicted octanol–water partition coefficient (Wildman–Crippen LogP) is 1.42. The zero-order valence-corrected chi connectivity index (χ0v) is 16.2. The topological polar surface area (TPSA) is 97.9 Å². The highest BCUT2D eigenvalue weighted by molar-refractivity contribution is 7.92. The summed E-state index contributed by atoms with van der Waals surface area (Å²) in [5.41, 5.74) is 6.01. The maximum Gasteiger partial charge on any atom is 0.274 e. The van der Waals surface area contributed by atoms with Crippen LogP contribution in [0.2, 0.25) is 0 Å². The Morgan fingerprint density at radius 3 is 2.37 bits per heavy atom. The van der Waals surface area contributed by atoms with E-state index in [2.05, 4.69) is 9.88 Å². The van der Waals surface area contributed by atoms with Crippen LogP contribution < -0.4 is 19.9 Å². The number of aromatic amines is 1. The number of nitrogens with one attached hydrogen (secondary N) is 1. The van der Waals surface area contributed by atoms with Crippen LogP contribution in [0.15, 0.2) is 53.6 Å². The monoisotopic (exact) mass is 389 g/mol. The number of rotatable bonds is 6. The molecule has 3 rings (SSSR count). The SMILES string of the molecule is CCN(c1ccccc1)S(=O)(=O)c1ccc(N2CCC(C(N)=O)CC2)[nH+]c1. The van der Waals surface area contributed by atoms with Gasteiger partial charge < -0.3 is 5.73 Å². The van der Waals surface area contributed by atoms with E-state index in [1.165, 1.54) is 10.5 Å². The summed E-state index contributed by atoms with van der Waals surface area (Å²) in [6.45, 7) is 3.57. The molecule has 0 bridgehead atoms. The lowest BCUT2D eigenvalue weighted by Crippen LogP contribution is -2.41. The number of H-pyrrole nitrogens is 1. The lowest BCUT2D eigenvalue weighted by molar-refractivity contribution is -0.367. The Morgan fingerprint density at radius 1 is 1.19 bits per heavy atom. The Balaban J connectivity index is 1.77. The van der Waals surface area contributed by atoms with Gasteiger partial charge in [-0.25, -0.2) is 13.4 Å². The molecule has 1 aromatic carbocycles. The Labute approximate surface area is 159 Å². The fourth-order valence-corrected chi connectivity index (χ4v) is 4.82. The number of benzene rings is 1. The lowest BCUT2D eigenvalue weighted by atomic mass is 9.96. The molecule has 1 aliphatic heterocycles. The minimum Gasteiger partial charge on any atom is -0.369 e. The number of anilines is 2. The number of hydrogen-bond donors (Lipinski definition) is 1. The molecule has 0 unspecified atom stereocenters. The first kappa shape index (κ1) is 19.2. The van der Waals surface area contributed by atoms with Gasteiger partial charge in [-0.3, -0.25) is 14.0 Å². The molecule has 0 spiro atoms. The average Bonchev–Trinajstić information content (AvgIpc) is 2.69. The van der Waals surface area contributed by atoms with Crippen molar-refractivity contribution in [3.05, 3.63) is 48.7 Å². The van der Waals surface area contributed by atoms with Crippen LogP contribution in [0.5, 0.6) is 0 Å². The summed E-state index contributed by atoms with van der Waals surface area (Å²) in [4.78, 5) is 16.7. The van der Waals surface area contributed by atoms with Crippen molar-refractivity contribution in [2.75, 3.05) is 28.8 Å². The summed E-state index contributed by atoms with van der Waals surface area (Å²) in [5.74, 6) is 0.505. The fraction of sp³-hybridized carbons (Fsp3) is 0.368. The van der Waals surface area contributed by atoms with E-state index in [9.17, 15) is 13.2 Å². The first-order chi connectivity index (χ1) is 12.9. The third-order valence-corrected chi connectivity index (χ3v) is 6.82. The molecule has 3 N–H and O–H groups in total. The normalized spacial score (nSPS) is 15.5. The molecule has 8 heteroatoms. The third kappa shape index (κ3) is 4.05. The van der Waals surface area contributed by atoms with Crippen LogP contribution in [0.25, 0.3) is 0 Å². The number of sulfonamides is 1. The molecule has 0 aliphatic carbocycles. The van der Waals surface area contributed by atoms with Gasteiger partial charge >= 0.3 is 0 Å². The Hall–Kier alpha value is -2.61. The zero-order chi connectivity index (χ0) is 19.4. The van der Waals surface area contributed by atoms with E-state index >= 15 is 0 Å². The minimum absolute atomic E-state index is 0.0788. The van der Waals surface area contributed by atoms with Crippen LogP contribution in [0.1, 0.15) is 19.8 Å². The number of nitrogens with two attached hydrogens (primary N) is 1. The molecular weight excluding hydrogens is 364 g/mol. The van der Waals surface area contributed by atoms with Crippen molar-refractivity contribution in [1.82, 2.24) is 0 Å². The second-order valence-corrected chi connectivity index (χ2v) is 8.44. The molecule has 0 radical (unpaired) electrons. The van der Waals surface area contributed by atoms with Crippen molar-refractivity contribution < 1.29 is 18.2 Å². The summed E-state index contributed by atoms with van der Waals surface area (Å²) >= 11 is 0. The molecule has 2 heterocycles. The highest BCUT2D eigenvalue weighted by Crippen LogP contribution is 2.24. The maximum absolute atomic E-state index is 13.0. The van der Waals surface area contributed by atoms with Crippen LogP contribution >= 0.6 is 0 Å². The van der Waals surface area contributed by atoms with E-state index in [1.54, 1.807) is 24.3 Å². The maximum atomic E-state index is 13.0. The molecule has 1 amide bonds. The molecule has 1 saturated heterocycles. The summed E-state index contributed by atoms with van der Waals surface area (Å²) in [7, 11) is -3.65. The Bertz CT molecular complexity index is 877. The van der Waals surface area contributed by atoms with E-state index in [4.69, 9.17) is 5.73 Å². The summed E-state index contributed by atoms with van der Waals surface area (Å²) < 4.78 is 27.4. The fourth-order valence-electron chi connectivity index (χ4n) is 3.38. The van der Waals surface area contributed by atoms with Crippen molar-refractivity contribution in [2.24, 2.45) is 11.7 Å². The molecule has 27 heavy (non-hydrogen) atoms. The standard InChI is InChI=1S/C19H24N4O3S/c1-2-23(16-6-4-3-5-7-16)27(25,26)17-8-9-18(21-14-17)22-12-10-15(11-13-22)19(20)24/h3-9,14-15H,2,10-13H2,1H3,(H2,20,24)/p+1. The Kier molecular flexibility index (Phi) is 5.65. The van der Waals surface area contributed by atoms with Crippen LogP contribution in [0, 0.1) is 5.92 Å². The van der Waals surface area contributed by atoms with Gasteiger partial charge in [0, 0.05) is 18.5 Å². The first-order valence-electron chi connectivity index (χ1n) is 9.07. The molecule has 1 aliphatic rings.